The fraction of sp³-hybridized carbons (Fsp3) is 0.235. The van der Waals surface area contributed by atoms with Crippen molar-refractivity contribution >= 4 is 11.7 Å². The van der Waals surface area contributed by atoms with Crippen LogP contribution in [0.25, 0.3) is 0 Å². The SMILES string of the molecule is O=C(OCc1cc([N+](=O)[O-])cc2c1OCOC2)c1cccc(C(F)(F)F)c1. The molecule has 2 aromatic rings. The van der Waals surface area contributed by atoms with E-state index in [9.17, 15) is 28.1 Å². The third-order valence-electron chi connectivity index (χ3n) is 3.77. The Kier molecular flexibility index (Phi) is 5.00. The van der Waals surface area contributed by atoms with Gasteiger partial charge < -0.3 is 14.2 Å². The highest BCUT2D eigenvalue weighted by Crippen LogP contribution is 2.33. The Balaban J connectivity index is 1.81. The molecule has 1 aliphatic rings. The summed E-state index contributed by atoms with van der Waals surface area (Å²) in [5.74, 6) is -0.697. The number of nitrogens with zero attached hydrogens (tertiary/aromatic N) is 1. The molecule has 0 aliphatic carbocycles. The first kappa shape index (κ1) is 18.6. The Labute approximate surface area is 150 Å². The first-order valence-corrected chi connectivity index (χ1v) is 7.61. The molecule has 142 valence electrons. The van der Waals surface area contributed by atoms with E-state index in [-0.39, 0.29) is 30.2 Å². The molecule has 0 saturated heterocycles. The molecule has 0 radical (unpaired) electrons. The van der Waals surface area contributed by atoms with Crippen LogP contribution in [0.3, 0.4) is 0 Å². The van der Waals surface area contributed by atoms with E-state index in [2.05, 4.69) is 0 Å². The molecule has 10 heteroatoms. The average molecular weight is 383 g/mol. The number of hydrogen-bond donors (Lipinski definition) is 0. The minimum atomic E-state index is -4.59. The predicted molar refractivity (Wildman–Crippen MR) is 83.9 cm³/mol. The first-order valence-electron chi connectivity index (χ1n) is 7.61. The normalized spacial score (nSPS) is 13.4. The molecule has 1 aliphatic heterocycles. The van der Waals surface area contributed by atoms with Crippen molar-refractivity contribution in [1.82, 2.24) is 0 Å². The molecule has 1 heterocycles. The lowest BCUT2D eigenvalue weighted by Crippen LogP contribution is -2.15. The fourth-order valence-corrected chi connectivity index (χ4v) is 2.54. The maximum Gasteiger partial charge on any atom is 0.416 e. The van der Waals surface area contributed by atoms with Crippen LogP contribution in [0.5, 0.6) is 5.75 Å². The lowest BCUT2D eigenvalue weighted by molar-refractivity contribution is -0.385. The summed E-state index contributed by atoms with van der Waals surface area (Å²) in [6.45, 7) is -0.385. The molecular weight excluding hydrogens is 371 g/mol. The minimum absolute atomic E-state index is 0.0701. The Hall–Kier alpha value is -3.14. The molecule has 0 amide bonds. The number of benzene rings is 2. The van der Waals surface area contributed by atoms with Crippen molar-refractivity contribution in [3.63, 3.8) is 0 Å². The van der Waals surface area contributed by atoms with Gasteiger partial charge in [-0.25, -0.2) is 4.79 Å². The Morgan fingerprint density at radius 1 is 1.26 bits per heavy atom. The zero-order valence-electron chi connectivity index (χ0n) is 13.6. The van der Waals surface area contributed by atoms with Gasteiger partial charge in [0.25, 0.3) is 5.69 Å². The molecule has 0 atom stereocenters. The van der Waals surface area contributed by atoms with Crippen LogP contribution in [-0.2, 0) is 28.9 Å². The van der Waals surface area contributed by atoms with Gasteiger partial charge in [0.15, 0.2) is 6.79 Å². The molecule has 0 N–H and O–H groups in total. The summed E-state index contributed by atoms with van der Waals surface area (Å²) < 4.78 is 53.6. The number of nitro benzene ring substituents is 1. The number of hydrogen-bond acceptors (Lipinski definition) is 6. The third-order valence-corrected chi connectivity index (χ3v) is 3.77. The largest absolute Gasteiger partial charge is 0.467 e. The number of ether oxygens (including phenoxy) is 3. The van der Waals surface area contributed by atoms with Gasteiger partial charge in [0.1, 0.15) is 12.4 Å². The van der Waals surface area contributed by atoms with E-state index in [1.54, 1.807) is 0 Å². The molecule has 0 fully saturated rings. The van der Waals surface area contributed by atoms with Crippen LogP contribution in [0.4, 0.5) is 18.9 Å². The number of esters is 1. The van der Waals surface area contributed by atoms with Gasteiger partial charge in [-0.2, -0.15) is 13.2 Å². The van der Waals surface area contributed by atoms with Gasteiger partial charge in [0.2, 0.25) is 0 Å². The van der Waals surface area contributed by atoms with Crippen molar-refractivity contribution in [3.8, 4) is 5.75 Å². The van der Waals surface area contributed by atoms with Gasteiger partial charge in [-0.3, -0.25) is 10.1 Å². The second kappa shape index (κ2) is 7.23. The van der Waals surface area contributed by atoms with Crippen LogP contribution in [-0.4, -0.2) is 17.7 Å². The highest BCUT2D eigenvalue weighted by molar-refractivity contribution is 5.89. The summed E-state index contributed by atoms with van der Waals surface area (Å²) in [7, 11) is 0. The number of nitro groups is 1. The van der Waals surface area contributed by atoms with Gasteiger partial charge in [0.05, 0.1) is 22.7 Å². The van der Waals surface area contributed by atoms with E-state index in [0.717, 1.165) is 12.1 Å². The Morgan fingerprint density at radius 2 is 2.04 bits per heavy atom. The van der Waals surface area contributed by atoms with Crippen molar-refractivity contribution < 1.29 is 37.1 Å². The van der Waals surface area contributed by atoms with Crippen LogP contribution in [0.1, 0.15) is 27.0 Å². The number of halogens is 3. The number of rotatable bonds is 4. The number of non-ortho nitro benzene ring substituents is 1. The molecular formula is C17H12F3NO6. The Bertz CT molecular complexity index is 897. The highest BCUT2D eigenvalue weighted by Gasteiger charge is 2.31. The number of carbonyl (C=O) groups excluding carboxylic acids is 1. The molecule has 0 bridgehead atoms. The van der Waals surface area contributed by atoms with Crippen LogP contribution in [0.15, 0.2) is 36.4 Å². The van der Waals surface area contributed by atoms with Crippen molar-refractivity contribution in [2.75, 3.05) is 6.79 Å². The Morgan fingerprint density at radius 3 is 2.74 bits per heavy atom. The van der Waals surface area contributed by atoms with Crippen molar-refractivity contribution in [3.05, 3.63) is 68.8 Å². The standard InChI is InChI=1S/C17H12F3NO6/c18-17(19,20)13-3-1-2-10(4-13)16(22)26-8-12-6-14(21(23)24)5-11-7-25-9-27-15(11)12/h1-6H,7-9H2. The molecule has 0 saturated carbocycles. The lowest BCUT2D eigenvalue weighted by atomic mass is 10.1. The highest BCUT2D eigenvalue weighted by atomic mass is 19.4. The van der Waals surface area contributed by atoms with Gasteiger partial charge in [0, 0.05) is 23.3 Å². The number of carbonyl (C=O) groups is 1. The fourth-order valence-electron chi connectivity index (χ4n) is 2.54. The topological polar surface area (TPSA) is 87.9 Å². The molecule has 3 rings (SSSR count). The zero-order valence-corrected chi connectivity index (χ0v) is 13.6. The molecule has 2 aromatic carbocycles. The zero-order chi connectivity index (χ0) is 19.6. The van der Waals surface area contributed by atoms with E-state index in [0.29, 0.717) is 17.4 Å². The van der Waals surface area contributed by atoms with E-state index >= 15 is 0 Å². The molecule has 0 spiro atoms. The van der Waals surface area contributed by atoms with Gasteiger partial charge >= 0.3 is 12.1 Å². The van der Waals surface area contributed by atoms with E-state index in [4.69, 9.17) is 14.2 Å². The summed E-state index contributed by atoms with van der Waals surface area (Å²) in [5.41, 5.74) is -0.866. The van der Waals surface area contributed by atoms with Crippen molar-refractivity contribution in [1.29, 1.82) is 0 Å². The van der Waals surface area contributed by atoms with Crippen LogP contribution in [0, 0.1) is 10.1 Å². The smallest absolute Gasteiger partial charge is 0.416 e. The lowest BCUT2D eigenvalue weighted by Gasteiger charge is -2.20. The molecule has 27 heavy (non-hydrogen) atoms. The maximum atomic E-state index is 12.7. The minimum Gasteiger partial charge on any atom is -0.467 e. The van der Waals surface area contributed by atoms with Crippen LogP contribution in [0.2, 0.25) is 0 Å². The summed E-state index contributed by atoms with van der Waals surface area (Å²) in [4.78, 5) is 22.5. The predicted octanol–water partition coefficient (Wildman–Crippen LogP) is 3.84. The van der Waals surface area contributed by atoms with Crippen LogP contribution >= 0.6 is 0 Å². The number of fused-ring (bicyclic) bond motifs is 1. The first-order chi connectivity index (χ1) is 12.8. The van der Waals surface area contributed by atoms with E-state index < -0.39 is 29.2 Å². The molecule has 7 nitrogen and oxygen atoms in total. The average Bonchev–Trinajstić information content (AvgIpc) is 2.65. The maximum absolute atomic E-state index is 12.7. The van der Waals surface area contributed by atoms with Crippen molar-refractivity contribution in [2.24, 2.45) is 0 Å². The van der Waals surface area contributed by atoms with Crippen LogP contribution < -0.4 is 4.74 Å². The van der Waals surface area contributed by atoms with E-state index in [1.807, 2.05) is 0 Å². The third kappa shape index (κ3) is 4.17. The quantitative estimate of drug-likeness (QED) is 0.453. The second-order valence-corrected chi connectivity index (χ2v) is 5.62. The van der Waals surface area contributed by atoms with Crippen molar-refractivity contribution in [2.45, 2.75) is 19.4 Å². The van der Waals surface area contributed by atoms with Gasteiger partial charge in [-0.1, -0.05) is 6.07 Å². The second-order valence-electron chi connectivity index (χ2n) is 5.62. The van der Waals surface area contributed by atoms with Gasteiger partial charge in [-0.15, -0.1) is 0 Å². The monoisotopic (exact) mass is 383 g/mol. The summed E-state index contributed by atoms with van der Waals surface area (Å²) in [5, 5.41) is 11.0. The van der Waals surface area contributed by atoms with E-state index in [1.165, 1.54) is 18.2 Å². The summed E-state index contributed by atoms with van der Waals surface area (Å²) in [6, 6.07) is 6.26. The molecule has 0 unspecified atom stereocenters. The van der Waals surface area contributed by atoms with Gasteiger partial charge in [-0.05, 0) is 18.2 Å². The number of alkyl halides is 3. The summed E-state index contributed by atoms with van der Waals surface area (Å²) in [6.07, 6.45) is -4.59. The summed E-state index contributed by atoms with van der Waals surface area (Å²) >= 11 is 0. The molecule has 0 aromatic heterocycles.